The quantitative estimate of drug-likeness (QED) is 0.505. The molecule has 2 heterocycles. The van der Waals surface area contributed by atoms with Crippen LogP contribution in [0, 0.1) is 5.92 Å². The molecule has 31 heavy (non-hydrogen) atoms. The van der Waals surface area contributed by atoms with Crippen LogP contribution in [-0.2, 0) is 27.3 Å². The van der Waals surface area contributed by atoms with Gasteiger partial charge in [0.25, 0.3) is 5.91 Å². The predicted octanol–water partition coefficient (Wildman–Crippen LogP) is -0.490. The van der Waals surface area contributed by atoms with E-state index in [-0.39, 0.29) is 30.1 Å². The van der Waals surface area contributed by atoms with E-state index in [4.69, 9.17) is 5.73 Å². The van der Waals surface area contributed by atoms with Gasteiger partial charge in [-0.2, -0.15) is 0 Å². The maximum atomic E-state index is 12.9. The fourth-order valence-corrected chi connectivity index (χ4v) is 5.07. The molecule has 3 atom stereocenters. The number of fused-ring (bicyclic) bond motifs is 1. The van der Waals surface area contributed by atoms with Gasteiger partial charge in [-0.05, 0) is 26.3 Å². The van der Waals surface area contributed by atoms with Gasteiger partial charge in [0.1, 0.15) is 0 Å². The Hall–Kier alpha value is -2.24. The summed E-state index contributed by atoms with van der Waals surface area (Å²) in [5, 5.41) is 5.89. The number of amides is 4. The molecule has 0 radical (unpaired) electrons. The summed E-state index contributed by atoms with van der Waals surface area (Å²) in [5.74, 6) is -2.61. The zero-order chi connectivity index (χ0) is 22.0. The van der Waals surface area contributed by atoms with Crippen molar-refractivity contribution in [1.82, 2.24) is 25.4 Å². The van der Waals surface area contributed by atoms with Crippen molar-refractivity contribution in [3.05, 3.63) is 15.6 Å². The molecule has 0 unspecified atom stereocenters. The van der Waals surface area contributed by atoms with Crippen LogP contribution >= 0.6 is 23.7 Å². The number of thiazole rings is 1. The number of hydrogen-bond acceptors (Lipinski definition) is 7. The Labute approximate surface area is 191 Å². The second-order valence-electron chi connectivity index (χ2n) is 8.14. The molecule has 172 valence electrons. The second-order valence-corrected chi connectivity index (χ2v) is 9.23. The number of primary amides is 1. The highest BCUT2D eigenvalue weighted by Gasteiger charge is 2.37. The zero-order valence-electron chi connectivity index (χ0n) is 17.8. The Balaban J connectivity index is 0.00000341. The highest BCUT2D eigenvalue weighted by atomic mass is 35.5. The van der Waals surface area contributed by atoms with Crippen molar-refractivity contribution >= 4 is 47.4 Å². The number of rotatable bonds is 4. The van der Waals surface area contributed by atoms with E-state index in [1.54, 1.807) is 14.1 Å². The normalized spacial score (nSPS) is 23.1. The van der Waals surface area contributed by atoms with Crippen molar-refractivity contribution < 1.29 is 19.2 Å². The first-order valence-electron chi connectivity index (χ1n) is 9.95. The molecule has 12 heteroatoms. The largest absolute Gasteiger partial charge is 0.361 e. The Morgan fingerprint density at radius 1 is 1.16 bits per heavy atom. The van der Waals surface area contributed by atoms with E-state index in [9.17, 15) is 19.2 Å². The van der Waals surface area contributed by atoms with Crippen LogP contribution < -0.4 is 16.4 Å². The van der Waals surface area contributed by atoms with Crippen molar-refractivity contribution in [3.63, 3.8) is 0 Å². The van der Waals surface area contributed by atoms with E-state index in [2.05, 4.69) is 20.5 Å². The van der Waals surface area contributed by atoms with E-state index in [0.29, 0.717) is 24.3 Å². The van der Waals surface area contributed by atoms with Gasteiger partial charge in [0, 0.05) is 50.4 Å². The lowest BCUT2D eigenvalue weighted by molar-refractivity contribution is -0.138. The summed E-state index contributed by atoms with van der Waals surface area (Å²) in [6.07, 6.45) is 2.16. The summed E-state index contributed by atoms with van der Waals surface area (Å²) in [4.78, 5) is 57.6. The molecule has 3 rings (SSSR count). The van der Waals surface area contributed by atoms with Gasteiger partial charge in [0.15, 0.2) is 5.01 Å². The smallest absolute Gasteiger partial charge is 0.309 e. The van der Waals surface area contributed by atoms with E-state index in [1.807, 2.05) is 7.05 Å². The molecule has 0 bridgehead atoms. The molecule has 4 N–H and O–H groups in total. The van der Waals surface area contributed by atoms with Crippen molar-refractivity contribution in [2.24, 2.45) is 11.7 Å². The van der Waals surface area contributed by atoms with Gasteiger partial charge in [-0.1, -0.05) is 0 Å². The third kappa shape index (κ3) is 5.92. The highest BCUT2D eigenvalue weighted by Crippen LogP contribution is 2.28. The number of carbonyl (C=O) groups excluding carboxylic acids is 4. The fourth-order valence-electron chi connectivity index (χ4n) is 3.98. The number of aromatic nitrogens is 1. The first-order valence-corrected chi connectivity index (χ1v) is 10.8. The topological polar surface area (TPSA) is 138 Å². The van der Waals surface area contributed by atoms with Crippen molar-refractivity contribution in [3.8, 4) is 0 Å². The molecule has 1 aliphatic heterocycles. The highest BCUT2D eigenvalue weighted by molar-refractivity contribution is 7.13. The van der Waals surface area contributed by atoms with E-state index in [0.717, 1.165) is 30.1 Å². The first-order chi connectivity index (χ1) is 14.2. The zero-order valence-corrected chi connectivity index (χ0v) is 19.5. The Kier molecular flexibility index (Phi) is 8.38. The van der Waals surface area contributed by atoms with Crippen LogP contribution in [0.3, 0.4) is 0 Å². The molecule has 1 aromatic rings. The molecule has 4 amide bonds. The Morgan fingerprint density at radius 2 is 1.87 bits per heavy atom. The lowest BCUT2D eigenvalue weighted by atomic mass is 9.81. The summed E-state index contributed by atoms with van der Waals surface area (Å²) >= 11 is 1.37. The molecule has 1 fully saturated rings. The summed E-state index contributed by atoms with van der Waals surface area (Å²) in [6, 6.07) is -0.993. The molecule has 0 saturated heterocycles. The van der Waals surface area contributed by atoms with E-state index >= 15 is 0 Å². The van der Waals surface area contributed by atoms with Gasteiger partial charge in [0.05, 0.1) is 11.7 Å². The molecule has 0 aromatic carbocycles. The minimum absolute atomic E-state index is 0. The summed E-state index contributed by atoms with van der Waals surface area (Å²) < 4.78 is 0. The average molecular weight is 473 g/mol. The van der Waals surface area contributed by atoms with Crippen LogP contribution in [-0.4, -0.2) is 78.2 Å². The standard InChI is InChI=1S/C19H28N6O4S.ClH/c1-24(2)19(29)10-4-5-11(21-16(27)15(20)26)13(8-10)22-17(28)18-23-12-6-7-25(3)9-14(12)30-18;/h10-11,13H,4-9H2,1-3H3,(H2,20,26)(H,21,27)(H,22,28);1H/t10-,11-,13+;/m0./s1. The maximum Gasteiger partial charge on any atom is 0.309 e. The van der Waals surface area contributed by atoms with Gasteiger partial charge >= 0.3 is 11.8 Å². The number of nitrogens with one attached hydrogen (secondary N) is 2. The predicted molar refractivity (Wildman–Crippen MR) is 118 cm³/mol. The van der Waals surface area contributed by atoms with Crippen LogP contribution in [0.5, 0.6) is 0 Å². The van der Waals surface area contributed by atoms with Gasteiger partial charge in [0.2, 0.25) is 5.91 Å². The first kappa shape index (κ1) is 25.0. The number of carbonyl (C=O) groups is 4. The molecule has 2 aliphatic rings. The van der Waals surface area contributed by atoms with Gasteiger partial charge in [-0.15, -0.1) is 23.7 Å². The lowest BCUT2D eigenvalue weighted by Crippen LogP contribution is -2.57. The molecule has 1 aromatic heterocycles. The van der Waals surface area contributed by atoms with E-state index < -0.39 is 23.9 Å². The minimum atomic E-state index is -1.08. The molecule has 1 aliphatic carbocycles. The summed E-state index contributed by atoms with van der Waals surface area (Å²) in [6.45, 7) is 1.66. The third-order valence-corrected chi connectivity index (χ3v) is 6.69. The van der Waals surface area contributed by atoms with Gasteiger partial charge in [-0.25, -0.2) is 4.98 Å². The van der Waals surface area contributed by atoms with Crippen LogP contribution in [0.4, 0.5) is 0 Å². The maximum absolute atomic E-state index is 12.9. The molecule has 10 nitrogen and oxygen atoms in total. The second kappa shape index (κ2) is 10.4. The van der Waals surface area contributed by atoms with Crippen LogP contribution in [0.25, 0.3) is 0 Å². The fraction of sp³-hybridized carbons (Fsp3) is 0.632. The van der Waals surface area contributed by atoms with Crippen LogP contribution in [0.15, 0.2) is 0 Å². The molecular formula is C19H29ClN6O4S. The molecular weight excluding hydrogens is 444 g/mol. The van der Waals surface area contributed by atoms with Crippen molar-refractivity contribution in [2.45, 2.75) is 44.3 Å². The SMILES string of the molecule is CN1CCc2nc(C(=O)N[C@@H]3C[C@@H](C(=O)N(C)C)CC[C@@H]3NC(=O)C(N)=O)sc2C1.Cl. The number of nitrogens with zero attached hydrogens (tertiary/aromatic N) is 3. The van der Waals surface area contributed by atoms with E-state index in [1.165, 1.54) is 16.2 Å². The van der Waals surface area contributed by atoms with Crippen molar-refractivity contribution in [1.29, 1.82) is 0 Å². The molecule has 0 spiro atoms. The lowest BCUT2D eigenvalue weighted by Gasteiger charge is -2.36. The summed E-state index contributed by atoms with van der Waals surface area (Å²) in [7, 11) is 5.40. The number of nitrogens with two attached hydrogens (primary N) is 1. The van der Waals surface area contributed by atoms with Gasteiger partial charge in [-0.3, -0.25) is 19.2 Å². The number of halogens is 1. The number of likely N-dealkylation sites (N-methyl/N-ethyl adjacent to an activating group) is 1. The number of hydrogen-bond donors (Lipinski definition) is 3. The molecule has 1 saturated carbocycles. The Bertz CT molecular complexity index is 860. The monoisotopic (exact) mass is 472 g/mol. The minimum Gasteiger partial charge on any atom is -0.361 e. The average Bonchev–Trinajstić information content (AvgIpc) is 3.11. The van der Waals surface area contributed by atoms with Crippen LogP contribution in [0.2, 0.25) is 0 Å². The van der Waals surface area contributed by atoms with Crippen molar-refractivity contribution in [2.75, 3.05) is 27.7 Å². The van der Waals surface area contributed by atoms with Crippen LogP contribution in [0.1, 0.15) is 39.6 Å². The van der Waals surface area contributed by atoms with Gasteiger partial charge < -0.3 is 26.2 Å². The third-order valence-electron chi connectivity index (χ3n) is 5.61. The summed E-state index contributed by atoms with van der Waals surface area (Å²) in [5.41, 5.74) is 6.01. The Morgan fingerprint density at radius 3 is 2.52 bits per heavy atom.